The van der Waals surface area contributed by atoms with Gasteiger partial charge in [0.25, 0.3) is 5.91 Å². The number of aromatic amines is 1. The number of fused-ring (bicyclic) bond motifs is 3. The molecule has 0 aliphatic heterocycles. The summed E-state index contributed by atoms with van der Waals surface area (Å²) in [6.45, 7) is 2.75. The van der Waals surface area contributed by atoms with Crippen LogP contribution in [0.25, 0.3) is 33.1 Å². The number of nitrogens with one attached hydrogen (secondary N) is 2. The lowest BCUT2D eigenvalue weighted by molar-refractivity contribution is 0.0955. The largest absolute Gasteiger partial charge is 0.383 e. The van der Waals surface area contributed by atoms with Gasteiger partial charge in [-0.1, -0.05) is 56.5 Å². The Kier molecular flexibility index (Phi) is 5.95. The maximum Gasteiger partial charge on any atom is 0.257 e. The minimum atomic E-state index is -0.260. The molecule has 0 unspecified atom stereocenters. The van der Waals surface area contributed by atoms with Crippen molar-refractivity contribution >= 4 is 51.0 Å². The van der Waals surface area contributed by atoms with Crippen LogP contribution in [0, 0.1) is 0 Å². The van der Waals surface area contributed by atoms with Crippen LogP contribution in [0.15, 0.2) is 59.8 Å². The highest BCUT2D eigenvalue weighted by Gasteiger charge is 2.24. The number of rotatable bonds is 8. The third-order valence-electron chi connectivity index (χ3n) is 5.95. The van der Waals surface area contributed by atoms with Crippen molar-refractivity contribution in [1.29, 1.82) is 0 Å². The second-order valence-corrected chi connectivity index (χ2v) is 8.31. The van der Waals surface area contributed by atoms with E-state index in [1.807, 2.05) is 54.7 Å². The van der Waals surface area contributed by atoms with Gasteiger partial charge < -0.3 is 16.0 Å². The van der Waals surface area contributed by atoms with Crippen molar-refractivity contribution < 1.29 is 4.79 Å². The van der Waals surface area contributed by atoms with Crippen LogP contribution in [-0.4, -0.2) is 38.3 Å². The number of hydrogen-bond acceptors (Lipinski definition) is 5. The van der Waals surface area contributed by atoms with Crippen LogP contribution in [0.4, 0.5) is 5.82 Å². The third kappa shape index (κ3) is 3.98. The average Bonchev–Trinajstić information content (AvgIpc) is 3.38. The highest BCUT2D eigenvalue weighted by atomic mass is 16.1. The molecule has 5 aromatic rings. The first-order valence-electron chi connectivity index (χ1n) is 11.6. The van der Waals surface area contributed by atoms with Crippen molar-refractivity contribution in [1.82, 2.24) is 24.9 Å². The number of nitrogen functional groups attached to an aromatic ring is 1. The van der Waals surface area contributed by atoms with Gasteiger partial charge in [-0.25, -0.2) is 9.97 Å². The number of amides is 1. The summed E-state index contributed by atoms with van der Waals surface area (Å²) < 4.78 is 1.50. The molecule has 4 N–H and O–H groups in total. The topological polar surface area (TPSA) is 114 Å². The Bertz CT molecular complexity index is 1510. The van der Waals surface area contributed by atoms with Crippen LogP contribution in [0.3, 0.4) is 0 Å². The Balaban J connectivity index is 1.57. The highest BCUT2D eigenvalue weighted by molar-refractivity contribution is 6.11. The lowest BCUT2D eigenvalue weighted by atomic mass is 10.2. The maximum atomic E-state index is 13.1. The number of carbonyl (C=O) groups excluding carboxylic acids is 1. The van der Waals surface area contributed by atoms with Crippen LogP contribution < -0.4 is 11.1 Å². The summed E-state index contributed by atoms with van der Waals surface area (Å²) in [4.78, 5) is 25.8. The minimum absolute atomic E-state index is 0.215. The predicted molar refractivity (Wildman–Crippen MR) is 137 cm³/mol. The molecule has 8 nitrogen and oxygen atoms in total. The van der Waals surface area contributed by atoms with Crippen LogP contribution in [-0.2, 0) is 0 Å². The number of nitrogens with zero attached hydrogens (tertiary/aromatic N) is 4. The first-order valence-corrected chi connectivity index (χ1v) is 11.6. The van der Waals surface area contributed by atoms with Crippen LogP contribution in [0.5, 0.6) is 0 Å². The van der Waals surface area contributed by atoms with E-state index in [9.17, 15) is 4.79 Å². The predicted octanol–water partition coefficient (Wildman–Crippen LogP) is 4.84. The van der Waals surface area contributed by atoms with Crippen LogP contribution in [0.1, 0.15) is 48.5 Å². The minimum Gasteiger partial charge on any atom is -0.383 e. The van der Waals surface area contributed by atoms with E-state index in [4.69, 9.17) is 15.7 Å². The van der Waals surface area contributed by atoms with Gasteiger partial charge in [0.2, 0.25) is 0 Å². The second kappa shape index (κ2) is 9.35. The smallest absolute Gasteiger partial charge is 0.257 e. The van der Waals surface area contributed by atoms with Crippen molar-refractivity contribution in [2.45, 2.75) is 32.6 Å². The van der Waals surface area contributed by atoms with E-state index in [1.165, 1.54) is 4.68 Å². The zero-order chi connectivity index (χ0) is 23.5. The molecule has 0 saturated carbocycles. The number of anilines is 1. The average molecular weight is 454 g/mol. The van der Waals surface area contributed by atoms with E-state index < -0.39 is 0 Å². The van der Waals surface area contributed by atoms with Gasteiger partial charge in [-0.05, 0) is 24.6 Å². The van der Waals surface area contributed by atoms with Gasteiger partial charge in [0.15, 0.2) is 5.65 Å². The van der Waals surface area contributed by atoms with Crippen molar-refractivity contribution in [3.63, 3.8) is 0 Å². The van der Waals surface area contributed by atoms with E-state index in [-0.39, 0.29) is 11.7 Å². The Hall–Kier alpha value is -4.20. The van der Waals surface area contributed by atoms with Gasteiger partial charge in [-0.15, -0.1) is 0 Å². The molecule has 172 valence electrons. The fourth-order valence-corrected chi connectivity index (χ4v) is 4.15. The van der Waals surface area contributed by atoms with Crippen molar-refractivity contribution in [2.75, 3.05) is 12.3 Å². The van der Waals surface area contributed by atoms with Gasteiger partial charge in [-0.3, -0.25) is 4.79 Å². The number of hydrogen-bond donors (Lipinski definition) is 3. The number of nitrogens with two attached hydrogens (primary N) is 1. The summed E-state index contributed by atoms with van der Waals surface area (Å²) in [5.41, 5.74) is 11.0. The van der Waals surface area contributed by atoms with Crippen LogP contribution in [0.2, 0.25) is 0 Å². The maximum absolute atomic E-state index is 13.1. The fourth-order valence-electron chi connectivity index (χ4n) is 4.15. The summed E-state index contributed by atoms with van der Waals surface area (Å²) in [6.07, 6.45) is 7.90. The summed E-state index contributed by atoms with van der Waals surface area (Å²) >= 11 is 0. The molecule has 0 atom stereocenters. The molecule has 0 aliphatic carbocycles. The van der Waals surface area contributed by atoms with Gasteiger partial charge in [0, 0.05) is 29.2 Å². The second-order valence-electron chi connectivity index (χ2n) is 8.31. The summed E-state index contributed by atoms with van der Waals surface area (Å²) in [6, 6.07) is 15.5. The Morgan fingerprint density at radius 2 is 1.85 bits per heavy atom. The molecule has 1 amide bonds. The first kappa shape index (κ1) is 21.6. The molecular formula is C26H27N7O. The van der Waals surface area contributed by atoms with Gasteiger partial charge in [0.1, 0.15) is 16.9 Å². The molecule has 0 radical (unpaired) electrons. The molecule has 34 heavy (non-hydrogen) atoms. The summed E-state index contributed by atoms with van der Waals surface area (Å²) in [5, 5.41) is 8.65. The van der Waals surface area contributed by atoms with Crippen molar-refractivity contribution in [3.05, 3.63) is 65.9 Å². The molecule has 0 spiro atoms. The zero-order valence-electron chi connectivity index (χ0n) is 19.1. The Morgan fingerprint density at radius 1 is 1.09 bits per heavy atom. The van der Waals surface area contributed by atoms with Gasteiger partial charge >= 0.3 is 0 Å². The van der Waals surface area contributed by atoms with Crippen molar-refractivity contribution in [3.8, 4) is 0 Å². The molecule has 2 aromatic carbocycles. The van der Waals surface area contributed by atoms with E-state index in [0.29, 0.717) is 34.3 Å². The van der Waals surface area contributed by atoms with Crippen molar-refractivity contribution in [2.24, 2.45) is 5.10 Å². The summed E-state index contributed by atoms with van der Waals surface area (Å²) in [7, 11) is 0. The Labute approximate surface area is 196 Å². The summed E-state index contributed by atoms with van der Waals surface area (Å²) in [5.74, 6) is -0.0444. The molecule has 0 fully saturated rings. The first-order chi connectivity index (χ1) is 16.7. The molecule has 0 aliphatic rings. The number of para-hydroxylation sites is 3. The van der Waals surface area contributed by atoms with Crippen LogP contribution >= 0.6 is 0 Å². The lowest BCUT2D eigenvalue weighted by Gasteiger charge is -2.05. The SMILES string of the molecule is CCCCCCNC(=O)c1c(N)n(/N=C\c2c[nH]c3ccccc23)c2nc3ccccc3nc12. The Morgan fingerprint density at radius 3 is 2.68 bits per heavy atom. The molecule has 3 heterocycles. The number of aromatic nitrogens is 4. The standard InChI is InChI=1S/C26H27N7O/c1-2-3-4-9-14-28-26(34)22-23-25(32-21-13-8-7-12-20(21)31-23)33(24(22)27)30-16-17-15-29-19-11-6-5-10-18(17)19/h5-8,10-13,15-16,29H,2-4,9,14,27H2,1H3,(H,28,34)/b30-16-. The third-order valence-corrected chi connectivity index (χ3v) is 5.95. The monoisotopic (exact) mass is 453 g/mol. The van der Waals surface area contributed by atoms with E-state index in [2.05, 4.69) is 22.3 Å². The quantitative estimate of drug-likeness (QED) is 0.230. The molecule has 3 aromatic heterocycles. The molecular weight excluding hydrogens is 426 g/mol. The van der Waals surface area contributed by atoms with Gasteiger partial charge in [-0.2, -0.15) is 9.78 Å². The number of benzene rings is 2. The molecule has 0 bridgehead atoms. The van der Waals surface area contributed by atoms with Gasteiger partial charge in [0.05, 0.1) is 17.2 Å². The van der Waals surface area contributed by atoms with E-state index in [0.717, 1.165) is 42.1 Å². The highest BCUT2D eigenvalue weighted by Crippen LogP contribution is 2.28. The number of H-pyrrole nitrogens is 1. The van der Waals surface area contributed by atoms with E-state index in [1.54, 1.807) is 6.21 Å². The van der Waals surface area contributed by atoms with E-state index >= 15 is 0 Å². The molecule has 5 rings (SSSR count). The normalized spacial score (nSPS) is 11.8. The lowest BCUT2D eigenvalue weighted by Crippen LogP contribution is -2.25. The fraction of sp³-hybridized carbons (Fsp3) is 0.231. The number of unbranched alkanes of at least 4 members (excludes halogenated alkanes) is 3. The zero-order valence-corrected chi connectivity index (χ0v) is 19.1. The number of carbonyl (C=O) groups is 1. The molecule has 0 saturated heterocycles. The molecule has 8 heteroatoms.